The molecule has 9 heteroatoms. The Labute approximate surface area is 184 Å². The van der Waals surface area contributed by atoms with E-state index in [0.717, 1.165) is 29.4 Å². The number of nitrogens with one attached hydrogen (secondary N) is 2. The SMILES string of the molecule is CCOC(=O)C1=C(CSc2nnc(C3CC3)n2C2CC2)NC(=O)NC1c1ccccc1. The molecule has 1 aromatic carbocycles. The molecule has 2 heterocycles. The van der Waals surface area contributed by atoms with Crippen LogP contribution in [0.2, 0.25) is 0 Å². The summed E-state index contributed by atoms with van der Waals surface area (Å²) >= 11 is 1.51. The first kappa shape index (κ1) is 20.1. The van der Waals surface area contributed by atoms with Crippen molar-refractivity contribution in [3.05, 3.63) is 53.0 Å². The molecular weight excluding hydrogens is 414 g/mol. The second-order valence-corrected chi connectivity index (χ2v) is 9.00. The third-order valence-electron chi connectivity index (χ3n) is 5.67. The number of benzene rings is 1. The highest BCUT2D eigenvalue weighted by Gasteiger charge is 2.37. The van der Waals surface area contributed by atoms with Crippen molar-refractivity contribution in [1.82, 2.24) is 25.4 Å². The zero-order valence-electron chi connectivity index (χ0n) is 17.3. The second-order valence-electron chi connectivity index (χ2n) is 8.06. The van der Waals surface area contributed by atoms with E-state index in [2.05, 4.69) is 25.4 Å². The number of carbonyl (C=O) groups excluding carboxylic acids is 2. The van der Waals surface area contributed by atoms with Crippen LogP contribution in [0.25, 0.3) is 0 Å². The Balaban J connectivity index is 1.46. The summed E-state index contributed by atoms with van der Waals surface area (Å²) in [4.78, 5) is 25.3. The van der Waals surface area contributed by atoms with Crippen molar-refractivity contribution >= 4 is 23.8 Å². The number of urea groups is 1. The zero-order chi connectivity index (χ0) is 21.4. The number of ether oxygens (including phenoxy) is 1. The fourth-order valence-corrected chi connectivity index (χ4v) is 4.88. The lowest BCUT2D eigenvalue weighted by molar-refractivity contribution is -0.139. The van der Waals surface area contributed by atoms with Crippen molar-refractivity contribution in [3.8, 4) is 0 Å². The molecule has 8 nitrogen and oxygen atoms in total. The summed E-state index contributed by atoms with van der Waals surface area (Å²) < 4.78 is 7.60. The molecule has 2 aliphatic carbocycles. The quantitative estimate of drug-likeness (QED) is 0.483. The lowest BCUT2D eigenvalue weighted by Crippen LogP contribution is -2.46. The van der Waals surface area contributed by atoms with Gasteiger partial charge in [-0.05, 0) is 38.2 Å². The van der Waals surface area contributed by atoms with Crippen LogP contribution in [0.1, 0.15) is 62.0 Å². The highest BCUT2D eigenvalue weighted by Crippen LogP contribution is 2.46. The predicted molar refractivity (Wildman–Crippen MR) is 116 cm³/mol. The number of nitrogens with zero attached hydrogens (tertiary/aromatic N) is 3. The Kier molecular flexibility index (Phi) is 5.43. The Morgan fingerprint density at radius 2 is 1.97 bits per heavy atom. The zero-order valence-corrected chi connectivity index (χ0v) is 18.2. The molecule has 0 bridgehead atoms. The minimum atomic E-state index is -0.562. The van der Waals surface area contributed by atoms with Crippen molar-refractivity contribution in [2.24, 2.45) is 0 Å². The topological polar surface area (TPSA) is 98.1 Å². The van der Waals surface area contributed by atoms with E-state index in [0.29, 0.717) is 29.0 Å². The van der Waals surface area contributed by atoms with Crippen molar-refractivity contribution in [2.45, 2.75) is 55.8 Å². The Morgan fingerprint density at radius 3 is 2.65 bits per heavy atom. The van der Waals surface area contributed by atoms with Crippen LogP contribution in [0.4, 0.5) is 4.79 Å². The summed E-state index contributed by atoms with van der Waals surface area (Å²) in [6.07, 6.45) is 4.65. The first-order valence-electron chi connectivity index (χ1n) is 10.8. The number of hydrogen-bond acceptors (Lipinski definition) is 6. The van der Waals surface area contributed by atoms with E-state index in [1.54, 1.807) is 6.92 Å². The van der Waals surface area contributed by atoms with Crippen LogP contribution in [-0.2, 0) is 9.53 Å². The van der Waals surface area contributed by atoms with E-state index in [-0.39, 0.29) is 12.6 Å². The fraction of sp³-hybridized carbons (Fsp3) is 0.455. The minimum absolute atomic E-state index is 0.263. The molecule has 1 aliphatic heterocycles. The number of esters is 1. The number of amides is 2. The van der Waals surface area contributed by atoms with Crippen LogP contribution < -0.4 is 10.6 Å². The van der Waals surface area contributed by atoms with Gasteiger partial charge in [0.25, 0.3) is 0 Å². The Morgan fingerprint density at radius 1 is 1.19 bits per heavy atom. The largest absolute Gasteiger partial charge is 0.463 e. The molecular formula is C22H25N5O3S. The minimum Gasteiger partial charge on any atom is -0.463 e. The maximum Gasteiger partial charge on any atom is 0.338 e. The molecule has 5 rings (SSSR count). The molecule has 1 unspecified atom stereocenters. The molecule has 0 spiro atoms. The first-order chi connectivity index (χ1) is 15.2. The number of rotatable bonds is 8. The normalized spacial score (nSPS) is 20.9. The second kappa shape index (κ2) is 8.37. The van der Waals surface area contributed by atoms with Gasteiger partial charge in [0, 0.05) is 23.4 Å². The average molecular weight is 440 g/mol. The van der Waals surface area contributed by atoms with Crippen molar-refractivity contribution in [2.75, 3.05) is 12.4 Å². The van der Waals surface area contributed by atoms with Gasteiger partial charge in [-0.15, -0.1) is 10.2 Å². The number of thioether (sulfide) groups is 1. The van der Waals surface area contributed by atoms with Gasteiger partial charge in [-0.3, -0.25) is 0 Å². The van der Waals surface area contributed by atoms with E-state index in [1.807, 2.05) is 30.3 Å². The smallest absolute Gasteiger partial charge is 0.338 e. The summed E-state index contributed by atoms with van der Waals surface area (Å²) in [5.74, 6) is 1.58. The Bertz CT molecular complexity index is 1030. The number of hydrogen-bond donors (Lipinski definition) is 2. The molecule has 31 heavy (non-hydrogen) atoms. The van der Waals surface area contributed by atoms with Gasteiger partial charge in [-0.25, -0.2) is 9.59 Å². The van der Waals surface area contributed by atoms with Gasteiger partial charge >= 0.3 is 12.0 Å². The van der Waals surface area contributed by atoms with Gasteiger partial charge in [-0.1, -0.05) is 42.1 Å². The Hall–Kier alpha value is -2.81. The number of carbonyl (C=O) groups is 2. The average Bonchev–Trinajstić information content (AvgIpc) is 3.71. The van der Waals surface area contributed by atoms with Gasteiger partial charge in [0.15, 0.2) is 5.16 Å². The van der Waals surface area contributed by atoms with Crippen molar-refractivity contribution in [1.29, 1.82) is 0 Å². The maximum atomic E-state index is 12.9. The van der Waals surface area contributed by atoms with Crippen LogP contribution in [0.15, 0.2) is 46.8 Å². The molecule has 1 aromatic heterocycles. The third kappa shape index (κ3) is 4.19. The van der Waals surface area contributed by atoms with Gasteiger partial charge in [0.1, 0.15) is 5.82 Å². The molecule has 1 atom stereocenters. The molecule has 0 radical (unpaired) electrons. The van der Waals surface area contributed by atoms with Gasteiger partial charge in [0.05, 0.1) is 18.2 Å². The lowest BCUT2D eigenvalue weighted by Gasteiger charge is -2.29. The molecule has 2 N–H and O–H groups in total. The van der Waals surface area contributed by atoms with E-state index >= 15 is 0 Å². The molecule has 2 aromatic rings. The van der Waals surface area contributed by atoms with Crippen molar-refractivity contribution < 1.29 is 14.3 Å². The van der Waals surface area contributed by atoms with E-state index in [4.69, 9.17) is 4.74 Å². The highest BCUT2D eigenvalue weighted by atomic mass is 32.2. The van der Waals surface area contributed by atoms with Gasteiger partial charge < -0.3 is 19.9 Å². The van der Waals surface area contributed by atoms with E-state index < -0.39 is 12.0 Å². The summed E-state index contributed by atoms with van der Waals surface area (Å²) in [6, 6.07) is 9.05. The van der Waals surface area contributed by atoms with E-state index in [1.165, 1.54) is 24.6 Å². The molecule has 2 amide bonds. The van der Waals surface area contributed by atoms with Crippen LogP contribution in [0.5, 0.6) is 0 Å². The molecule has 162 valence electrons. The third-order valence-corrected chi connectivity index (χ3v) is 6.64. The van der Waals surface area contributed by atoms with Crippen LogP contribution in [-0.4, -0.2) is 39.1 Å². The molecule has 0 saturated heterocycles. The monoisotopic (exact) mass is 439 g/mol. The van der Waals surface area contributed by atoms with Crippen LogP contribution >= 0.6 is 11.8 Å². The predicted octanol–water partition coefficient (Wildman–Crippen LogP) is 3.45. The summed E-state index contributed by atoms with van der Waals surface area (Å²) in [6.45, 7) is 2.04. The van der Waals surface area contributed by atoms with Gasteiger partial charge in [-0.2, -0.15) is 0 Å². The highest BCUT2D eigenvalue weighted by molar-refractivity contribution is 7.99. The van der Waals surface area contributed by atoms with Crippen molar-refractivity contribution in [3.63, 3.8) is 0 Å². The molecule has 3 aliphatic rings. The van der Waals surface area contributed by atoms with Gasteiger partial charge in [0.2, 0.25) is 0 Å². The summed E-state index contributed by atoms with van der Waals surface area (Å²) in [5, 5.41) is 15.4. The first-order valence-corrected chi connectivity index (χ1v) is 11.7. The molecule has 2 fully saturated rings. The van der Waals surface area contributed by atoms with Crippen LogP contribution in [0, 0.1) is 0 Å². The summed E-state index contributed by atoms with van der Waals surface area (Å²) in [5.41, 5.74) is 1.82. The number of aromatic nitrogens is 3. The molecule has 2 saturated carbocycles. The van der Waals surface area contributed by atoms with E-state index in [9.17, 15) is 9.59 Å². The fourth-order valence-electron chi connectivity index (χ4n) is 3.90. The lowest BCUT2D eigenvalue weighted by atomic mass is 9.95. The van der Waals surface area contributed by atoms with Crippen LogP contribution in [0.3, 0.4) is 0 Å². The standard InChI is InChI=1S/C22H25N5O3S/c1-2-30-20(28)17-16(23-21(29)24-18(17)13-6-4-3-5-7-13)12-31-22-26-25-19(14-8-9-14)27(22)15-10-11-15/h3-7,14-15,18H,2,8-12H2,1H3,(H2,23,24,29). The summed E-state index contributed by atoms with van der Waals surface area (Å²) in [7, 11) is 0. The maximum absolute atomic E-state index is 12.9.